The fraction of sp³-hybridized carbons (Fsp3) is 0.562. The van der Waals surface area contributed by atoms with Crippen molar-refractivity contribution in [1.82, 2.24) is 9.99 Å². The zero-order chi connectivity index (χ0) is 17.4. The summed E-state index contributed by atoms with van der Waals surface area (Å²) < 4.78 is 41.2. The number of rotatable bonds is 1. The van der Waals surface area contributed by atoms with Crippen LogP contribution >= 0.6 is 0 Å². The van der Waals surface area contributed by atoms with E-state index in [2.05, 4.69) is 10.1 Å². The number of halogens is 3. The van der Waals surface area contributed by atoms with Gasteiger partial charge in [-0.3, -0.25) is 9.78 Å². The van der Waals surface area contributed by atoms with Crippen LogP contribution in [0.5, 0.6) is 0 Å². The maximum absolute atomic E-state index is 13.7. The van der Waals surface area contributed by atoms with Gasteiger partial charge in [0.1, 0.15) is 0 Å². The van der Waals surface area contributed by atoms with Crippen LogP contribution < -0.4 is 0 Å². The van der Waals surface area contributed by atoms with E-state index in [4.69, 9.17) is 0 Å². The van der Waals surface area contributed by atoms with E-state index in [1.54, 1.807) is 0 Å². The highest BCUT2D eigenvalue weighted by atomic mass is 19.4. The van der Waals surface area contributed by atoms with Crippen molar-refractivity contribution in [1.29, 1.82) is 0 Å². The number of carbonyl (C=O) groups excluding carboxylic acids is 1. The molecule has 24 heavy (non-hydrogen) atoms. The second-order valence-corrected chi connectivity index (χ2v) is 6.17. The number of fused-ring (bicyclic) bond motifs is 1. The Kier molecular flexibility index (Phi) is 4.33. The molecule has 0 spiro atoms. The first-order chi connectivity index (χ1) is 11.4. The molecular weight excluding hydrogens is 323 g/mol. The molecule has 1 aromatic rings. The van der Waals surface area contributed by atoms with Crippen LogP contribution in [0.15, 0.2) is 29.6 Å². The quantitative estimate of drug-likeness (QED) is 0.853. The van der Waals surface area contributed by atoms with Crippen LogP contribution in [0.1, 0.15) is 48.9 Å². The first-order valence-corrected chi connectivity index (χ1v) is 7.97. The molecular formula is C16H18F3N3O2. The van der Waals surface area contributed by atoms with Gasteiger partial charge in [0.05, 0.1) is 5.92 Å². The Morgan fingerprint density at radius 2 is 1.88 bits per heavy atom. The zero-order valence-corrected chi connectivity index (χ0v) is 13.0. The zero-order valence-electron chi connectivity index (χ0n) is 13.0. The molecule has 130 valence electrons. The minimum absolute atomic E-state index is 0.00583. The second-order valence-electron chi connectivity index (χ2n) is 6.17. The van der Waals surface area contributed by atoms with Gasteiger partial charge in [0.25, 0.3) is 11.6 Å². The van der Waals surface area contributed by atoms with E-state index < -0.39 is 23.7 Å². The van der Waals surface area contributed by atoms with Gasteiger partial charge >= 0.3 is 6.18 Å². The van der Waals surface area contributed by atoms with Crippen LogP contribution in [0.4, 0.5) is 13.2 Å². The Morgan fingerprint density at radius 1 is 1.21 bits per heavy atom. The van der Waals surface area contributed by atoms with Crippen molar-refractivity contribution in [2.24, 2.45) is 11.0 Å². The summed E-state index contributed by atoms with van der Waals surface area (Å²) in [6.45, 7) is 0. The average Bonchev–Trinajstić information content (AvgIpc) is 2.80. The van der Waals surface area contributed by atoms with Gasteiger partial charge in [-0.2, -0.15) is 23.3 Å². The molecule has 5 nitrogen and oxygen atoms in total. The molecule has 0 bridgehead atoms. The standard InChI is InChI=1S/C16H18F3N3O2/c17-16(18,19)15(24)12-5-3-1-2-4-6-13(12)21-22(15)14(23)11-7-9-20-10-8-11/h7-10,12,24H,1-6H2/t12-,15+/m1/s1. The molecule has 1 aromatic heterocycles. The number of aliphatic hydroxyl groups is 1. The molecule has 0 radical (unpaired) electrons. The highest BCUT2D eigenvalue weighted by molar-refractivity contribution is 5.99. The molecule has 1 N–H and O–H groups in total. The Labute approximate surface area is 137 Å². The second kappa shape index (κ2) is 6.16. The van der Waals surface area contributed by atoms with E-state index >= 15 is 0 Å². The molecule has 1 amide bonds. The van der Waals surface area contributed by atoms with Crippen molar-refractivity contribution < 1.29 is 23.1 Å². The van der Waals surface area contributed by atoms with Gasteiger partial charge in [-0.15, -0.1) is 0 Å². The summed E-state index contributed by atoms with van der Waals surface area (Å²) in [5.74, 6) is -2.18. The van der Waals surface area contributed by atoms with Crippen LogP contribution in [0, 0.1) is 5.92 Å². The first-order valence-electron chi connectivity index (χ1n) is 7.97. The molecule has 3 rings (SSSR count). The minimum Gasteiger partial charge on any atom is -0.362 e. The predicted octanol–water partition coefficient (Wildman–Crippen LogP) is 3.11. The van der Waals surface area contributed by atoms with Crippen molar-refractivity contribution in [2.75, 3.05) is 0 Å². The normalized spacial score (nSPS) is 27.9. The van der Waals surface area contributed by atoms with Crippen molar-refractivity contribution in [3.8, 4) is 0 Å². The molecule has 1 fully saturated rings. The number of pyridine rings is 1. The highest BCUT2D eigenvalue weighted by Gasteiger charge is 2.68. The molecule has 2 aliphatic rings. The molecule has 0 saturated heterocycles. The number of hydrogen-bond acceptors (Lipinski definition) is 4. The van der Waals surface area contributed by atoms with Crippen molar-refractivity contribution in [3.63, 3.8) is 0 Å². The summed E-state index contributed by atoms with van der Waals surface area (Å²) in [5, 5.41) is 14.7. The number of hydrogen-bond donors (Lipinski definition) is 1. The lowest BCUT2D eigenvalue weighted by molar-refractivity contribution is -0.312. The minimum atomic E-state index is -5.00. The summed E-state index contributed by atoms with van der Waals surface area (Å²) in [6, 6.07) is 2.61. The van der Waals surface area contributed by atoms with Gasteiger partial charge in [0, 0.05) is 23.7 Å². The van der Waals surface area contributed by atoms with Crippen LogP contribution in [-0.4, -0.2) is 38.6 Å². The molecule has 0 unspecified atom stereocenters. The number of amides is 1. The lowest BCUT2D eigenvalue weighted by Gasteiger charge is -2.37. The number of hydrazone groups is 1. The number of aromatic nitrogens is 1. The van der Waals surface area contributed by atoms with Gasteiger partial charge in [0.2, 0.25) is 0 Å². The van der Waals surface area contributed by atoms with Crippen molar-refractivity contribution in [3.05, 3.63) is 30.1 Å². The summed E-state index contributed by atoms with van der Waals surface area (Å²) in [4.78, 5) is 16.3. The average molecular weight is 341 g/mol. The third kappa shape index (κ3) is 2.68. The van der Waals surface area contributed by atoms with E-state index in [9.17, 15) is 23.1 Å². The molecule has 2 heterocycles. The lowest BCUT2D eigenvalue weighted by atomic mass is 9.82. The monoisotopic (exact) mass is 341 g/mol. The van der Waals surface area contributed by atoms with E-state index in [1.807, 2.05) is 0 Å². The van der Waals surface area contributed by atoms with Crippen LogP contribution in [0.3, 0.4) is 0 Å². The Bertz CT molecular complexity index is 648. The maximum atomic E-state index is 13.7. The molecule has 1 aliphatic heterocycles. The van der Waals surface area contributed by atoms with Crippen molar-refractivity contribution in [2.45, 2.75) is 50.4 Å². The summed E-state index contributed by atoms with van der Waals surface area (Å²) in [7, 11) is 0. The van der Waals surface area contributed by atoms with Gasteiger partial charge in [-0.1, -0.05) is 19.3 Å². The first kappa shape index (κ1) is 16.9. The fourth-order valence-corrected chi connectivity index (χ4v) is 3.39. The molecule has 2 atom stereocenters. The number of carbonyl (C=O) groups is 1. The Balaban J connectivity index is 2.03. The van der Waals surface area contributed by atoms with Crippen molar-refractivity contribution >= 4 is 11.6 Å². The molecule has 0 aromatic carbocycles. The largest absolute Gasteiger partial charge is 0.439 e. The van der Waals surface area contributed by atoms with Gasteiger partial charge < -0.3 is 5.11 Å². The third-order valence-electron chi connectivity index (χ3n) is 4.65. The Morgan fingerprint density at radius 3 is 2.54 bits per heavy atom. The van der Waals surface area contributed by atoms with E-state index in [1.165, 1.54) is 24.5 Å². The highest BCUT2D eigenvalue weighted by Crippen LogP contribution is 2.47. The van der Waals surface area contributed by atoms with E-state index in [0.717, 1.165) is 12.8 Å². The molecule has 8 heteroatoms. The Hall–Kier alpha value is -1.96. The van der Waals surface area contributed by atoms with Crippen LogP contribution in [-0.2, 0) is 0 Å². The summed E-state index contributed by atoms with van der Waals surface area (Å²) in [6.07, 6.45) is 1.16. The number of nitrogens with zero attached hydrogens (tertiary/aromatic N) is 3. The van der Waals surface area contributed by atoms with Gasteiger partial charge in [0.15, 0.2) is 0 Å². The predicted molar refractivity (Wildman–Crippen MR) is 80.0 cm³/mol. The van der Waals surface area contributed by atoms with Gasteiger partial charge in [-0.25, -0.2) is 0 Å². The van der Waals surface area contributed by atoms with E-state index in [-0.39, 0.29) is 22.7 Å². The summed E-state index contributed by atoms with van der Waals surface area (Å²) >= 11 is 0. The third-order valence-corrected chi connectivity index (χ3v) is 4.65. The topological polar surface area (TPSA) is 65.8 Å². The lowest BCUT2D eigenvalue weighted by Crippen LogP contribution is -2.61. The fourth-order valence-electron chi connectivity index (χ4n) is 3.39. The number of alkyl halides is 3. The summed E-state index contributed by atoms with van der Waals surface area (Å²) in [5.41, 5.74) is -3.02. The van der Waals surface area contributed by atoms with Crippen LogP contribution in [0.25, 0.3) is 0 Å². The maximum Gasteiger partial charge on any atom is 0.439 e. The van der Waals surface area contributed by atoms with E-state index in [0.29, 0.717) is 19.3 Å². The molecule has 1 aliphatic carbocycles. The molecule has 1 saturated carbocycles. The smallest absolute Gasteiger partial charge is 0.362 e. The van der Waals surface area contributed by atoms with Gasteiger partial charge in [-0.05, 0) is 31.4 Å². The SMILES string of the molecule is O=C(c1ccncc1)N1N=C2CCCCCC[C@H]2[C@]1(O)C(F)(F)F. The van der Waals surface area contributed by atoms with Crippen LogP contribution in [0.2, 0.25) is 0 Å².